The van der Waals surface area contributed by atoms with Crippen molar-refractivity contribution in [1.82, 2.24) is 63.8 Å². The Balaban J connectivity index is 6.96. The number of nitrogens with two attached hydrogens (primary N) is 10. The minimum atomic E-state index is -2.04. The molecule has 0 fully saturated rings. The predicted molar refractivity (Wildman–Crippen MR) is 380 cm³/mol. The van der Waals surface area contributed by atoms with E-state index in [0.29, 0.717) is 25.7 Å². The lowest BCUT2D eigenvalue weighted by molar-refractivity contribution is -0.142. The van der Waals surface area contributed by atoms with Crippen LogP contribution in [0.4, 0.5) is 0 Å². The number of carboxylic acid groups (broad SMARTS) is 1. The Labute approximate surface area is 612 Å². The molecule has 0 aliphatic heterocycles. The van der Waals surface area contributed by atoms with E-state index in [2.05, 4.69) is 73.8 Å². The number of primary amides is 4. The average Bonchev–Trinajstić information content (AvgIpc) is 0.856. The lowest BCUT2D eigenvalue weighted by Crippen LogP contribution is -2.61. The molecule has 0 saturated heterocycles. The molecular weight excluding hydrogens is 1400 g/mol. The van der Waals surface area contributed by atoms with Gasteiger partial charge in [-0.2, -0.15) is 0 Å². The second-order valence-electron chi connectivity index (χ2n) is 25.3. The SMILES string of the molecule is CCCCC(NC(=O)[C@H](CCCCN)NC(=O)[C@@H](NC(=O)[C@H](C)NC(=O)[C@H](CCCN=C(N)N)NC(=O)[C@H](CCC(N)=O)NC(=O)[C@H](CC(N)=O)NC(=O)[C@H](C)NC(=O)[C@H](CCC(N)=O)NC(=O)[C@H](CC(=O)O)NC(=O)[C@@H](NC(=O)[C@@H](CCCN=C(N)N)NC(=O)[C@@H](N)[C@@H](C)O)[C@@H](C)CC)[C@@H](C)O)C(N)=O. The van der Waals surface area contributed by atoms with Gasteiger partial charge < -0.3 is 136 Å². The van der Waals surface area contributed by atoms with Crippen molar-refractivity contribution >= 4 is 112 Å². The summed E-state index contributed by atoms with van der Waals surface area (Å²) < 4.78 is 0. The topological polar surface area (TPSA) is 780 Å². The van der Waals surface area contributed by atoms with Gasteiger partial charge in [0, 0.05) is 25.9 Å². The Morgan fingerprint density at radius 2 is 0.698 bits per heavy atom. The first kappa shape index (κ1) is 95.4. The molecule has 106 heavy (non-hydrogen) atoms. The van der Waals surface area contributed by atoms with Crippen LogP contribution in [0, 0.1) is 5.92 Å². The summed E-state index contributed by atoms with van der Waals surface area (Å²) in [6.07, 6.45) is -5.70. The Morgan fingerprint density at radius 1 is 0.358 bits per heavy atom. The van der Waals surface area contributed by atoms with Gasteiger partial charge in [0.05, 0.1) is 25.0 Å². The number of carboxylic acids is 1. The lowest BCUT2D eigenvalue weighted by Gasteiger charge is -2.29. The molecule has 16 atom stereocenters. The number of nitrogens with one attached hydrogen (secondary N) is 12. The van der Waals surface area contributed by atoms with Gasteiger partial charge in [-0.15, -0.1) is 0 Å². The molecule has 35 N–H and O–H groups in total. The van der Waals surface area contributed by atoms with Gasteiger partial charge in [-0.25, -0.2) is 0 Å². The molecule has 0 aliphatic carbocycles. The molecule has 0 aromatic heterocycles. The number of aliphatic carboxylic acids is 1. The van der Waals surface area contributed by atoms with Crippen molar-refractivity contribution in [2.45, 2.75) is 248 Å². The fourth-order valence-electron chi connectivity index (χ4n) is 9.70. The smallest absolute Gasteiger partial charge is 0.305 e. The van der Waals surface area contributed by atoms with Gasteiger partial charge in [-0.05, 0) is 104 Å². The molecule has 0 aromatic rings. The van der Waals surface area contributed by atoms with Crippen molar-refractivity contribution in [2.75, 3.05) is 19.6 Å². The van der Waals surface area contributed by atoms with E-state index >= 15 is 0 Å². The first-order valence-corrected chi connectivity index (χ1v) is 34.4. The van der Waals surface area contributed by atoms with Gasteiger partial charge in [0.1, 0.15) is 78.5 Å². The van der Waals surface area contributed by atoms with Gasteiger partial charge in [-0.3, -0.25) is 91.5 Å². The molecule has 0 aliphatic rings. The van der Waals surface area contributed by atoms with Crippen LogP contribution in [-0.2, 0) is 81.5 Å². The number of unbranched alkanes of at least 4 members (excludes halogenated alkanes) is 2. The third kappa shape index (κ3) is 38.2. The van der Waals surface area contributed by atoms with Crippen molar-refractivity contribution < 1.29 is 96.8 Å². The molecule has 44 nitrogen and oxygen atoms in total. The van der Waals surface area contributed by atoms with Gasteiger partial charge >= 0.3 is 5.97 Å². The highest BCUT2D eigenvalue weighted by Crippen LogP contribution is 2.14. The van der Waals surface area contributed by atoms with Crippen LogP contribution in [0.15, 0.2) is 9.98 Å². The van der Waals surface area contributed by atoms with E-state index in [4.69, 9.17) is 57.3 Å². The van der Waals surface area contributed by atoms with Crippen LogP contribution < -0.4 is 121 Å². The Morgan fingerprint density at radius 3 is 1.08 bits per heavy atom. The summed E-state index contributed by atoms with van der Waals surface area (Å²) in [5, 5.41) is 58.6. The van der Waals surface area contributed by atoms with Crippen LogP contribution in [0.3, 0.4) is 0 Å². The van der Waals surface area contributed by atoms with Gasteiger partial charge in [0.25, 0.3) is 0 Å². The van der Waals surface area contributed by atoms with Crippen molar-refractivity contribution in [3.05, 3.63) is 0 Å². The lowest BCUT2D eigenvalue weighted by atomic mass is 9.96. The summed E-state index contributed by atoms with van der Waals surface area (Å²) in [5.74, 6) is -20.6. The first-order valence-electron chi connectivity index (χ1n) is 34.4. The number of guanidine groups is 2. The molecule has 0 bridgehead atoms. The molecule has 16 amide bonds. The molecule has 0 rings (SSSR count). The molecule has 600 valence electrons. The van der Waals surface area contributed by atoms with Gasteiger partial charge in [0.2, 0.25) is 94.5 Å². The zero-order valence-corrected chi connectivity index (χ0v) is 60.8. The minimum Gasteiger partial charge on any atom is -0.481 e. The monoisotopic (exact) mass is 1510 g/mol. The number of aliphatic imine (C=N–C) groups is 2. The van der Waals surface area contributed by atoms with E-state index in [0.717, 1.165) is 20.8 Å². The Bertz CT molecular complexity index is 3080. The van der Waals surface area contributed by atoms with Crippen molar-refractivity contribution in [2.24, 2.45) is 73.2 Å². The molecule has 0 spiro atoms. The number of carbonyl (C=O) groups is 17. The molecule has 44 heteroatoms. The quantitative estimate of drug-likeness (QED) is 0.0153. The third-order valence-corrected chi connectivity index (χ3v) is 16.1. The highest BCUT2D eigenvalue weighted by atomic mass is 16.4. The summed E-state index contributed by atoms with van der Waals surface area (Å²) >= 11 is 0. The maximum Gasteiger partial charge on any atom is 0.305 e. The third-order valence-electron chi connectivity index (χ3n) is 16.1. The van der Waals surface area contributed by atoms with Crippen molar-refractivity contribution in [3.8, 4) is 0 Å². The van der Waals surface area contributed by atoms with E-state index < -0.39 is 236 Å². The summed E-state index contributed by atoms with van der Waals surface area (Å²) in [4.78, 5) is 235. The van der Waals surface area contributed by atoms with Crippen molar-refractivity contribution in [1.29, 1.82) is 0 Å². The van der Waals surface area contributed by atoms with E-state index in [1.54, 1.807) is 6.92 Å². The summed E-state index contributed by atoms with van der Waals surface area (Å²) in [6, 6.07) is -21.3. The second kappa shape index (κ2) is 49.9. The number of rotatable bonds is 54. The number of aliphatic hydroxyl groups is 2. The zero-order valence-electron chi connectivity index (χ0n) is 60.8. The fraction of sp³-hybridized carbons (Fsp3) is 0.694. The number of nitrogens with zero attached hydrogens (tertiary/aromatic N) is 2. The average molecular weight is 1510 g/mol. The Hall–Kier alpha value is -10.6. The van der Waals surface area contributed by atoms with Crippen LogP contribution >= 0.6 is 0 Å². The first-order chi connectivity index (χ1) is 49.5. The van der Waals surface area contributed by atoms with E-state index in [1.165, 1.54) is 13.8 Å². The maximum atomic E-state index is 14.2. The highest BCUT2D eigenvalue weighted by molar-refractivity contribution is 6.01. The normalized spacial score (nSPS) is 15.5. The highest BCUT2D eigenvalue weighted by Gasteiger charge is 2.39. The Kier molecular flexibility index (Phi) is 44.9. The fourth-order valence-corrected chi connectivity index (χ4v) is 9.70. The predicted octanol–water partition coefficient (Wildman–Crippen LogP) is -11.2. The molecule has 0 heterocycles. The van der Waals surface area contributed by atoms with E-state index in [1.807, 2.05) is 6.92 Å². The number of hydrogen-bond acceptors (Lipinski definition) is 23. The van der Waals surface area contributed by atoms with Gasteiger partial charge in [0.15, 0.2) is 11.9 Å². The minimum absolute atomic E-state index is 0.00790. The van der Waals surface area contributed by atoms with Crippen LogP contribution in [-0.4, -0.2) is 238 Å². The largest absolute Gasteiger partial charge is 0.481 e. The van der Waals surface area contributed by atoms with Crippen molar-refractivity contribution in [3.63, 3.8) is 0 Å². The van der Waals surface area contributed by atoms with E-state index in [9.17, 15) is 96.8 Å². The van der Waals surface area contributed by atoms with E-state index in [-0.39, 0.29) is 76.5 Å². The molecule has 0 aromatic carbocycles. The summed E-state index contributed by atoms with van der Waals surface area (Å²) in [6.45, 7) is 9.65. The second-order valence-corrected chi connectivity index (χ2v) is 25.3. The molecule has 0 saturated carbocycles. The molecule has 1 unspecified atom stereocenters. The molecule has 0 radical (unpaired) electrons. The zero-order chi connectivity index (χ0) is 81.2. The number of hydrogen-bond donors (Lipinski definition) is 25. The van der Waals surface area contributed by atoms with Gasteiger partial charge in [-0.1, -0.05) is 40.0 Å². The number of carbonyl (C=O) groups excluding carboxylic acids is 16. The maximum absolute atomic E-state index is 14.2. The van der Waals surface area contributed by atoms with Crippen LogP contribution in [0.5, 0.6) is 0 Å². The standard InChI is InChI=1S/C62H112N24O20/c1-8-10-15-33(48(68)94)77-53(99)34(16-11-12-23-63)82-60(106)47(32(7)88)86-50(96)30(5)76-51(97)35(17-13-24-73-61(69)70)78-54(100)38(20-22-42(65)90)80-56(102)39(26-43(66)91)83-49(95)29(4)75-52(98)37(19-21-41(64)89)79-57(103)40(27-44(92)93)84-59(105)46(28(3)9-2)85-55(101)36(18-14-25-74-62(71)72)81-58(104)45(67)31(6)87/h28-40,45-47,87-88H,8-27,63,67H2,1-7H3,(H2,64,89)(H2,65,90)(H2,66,91)(H2,68,94)(H,75,98)(H,76,97)(H,77,99)(H,78,100)(H,79,103)(H,80,102)(H,81,104)(H,82,106)(H,83,95)(H,84,105)(H,85,101)(H,86,96)(H,92,93)(H4,69,70,73)(H4,71,72,74)/t28-,29-,30-,31+,32+,33?,34-,35-,36+,37-,38-,39-,40-,45-,46-,47-/m0/s1. The van der Waals surface area contributed by atoms with Crippen LogP contribution in [0.1, 0.15) is 158 Å². The molecular formula is C62H112N24O20. The number of amides is 16. The van der Waals surface area contributed by atoms with Crippen LogP contribution in [0.25, 0.3) is 0 Å². The number of aliphatic hydroxyl groups excluding tert-OH is 2. The van der Waals surface area contributed by atoms with Crippen LogP contribution in [0.2, 0.25) is 0 Å². The summed E-state index contributed by atoms with van der Waals surface area (Å²) in [5.41, 5.74) is 54.9. The summed E-state index contributed by atoms with van der Waals surface area (Å²) in [7, 11) is 0.